The minimum atomic E-state index is -0.584. The third kappa shape index (κ3) is 7.44. The van der Waals surface area contributed by atoms with Crippen molar-refractivity contribution in [2.45, 2.75) is 46.2 Å². The number of benzene rings is 2. The molecule has 1 N–H and O–H groups in total. The molecule has 0 aromatic heterocycles. The van der Waals surface area contributed by atoms with Gasteiger partial charge in [-0.25, -0.2) is 0 Å². The molecular formula is C24H30Cl2N2O3. The molecule has 0 aliphatic carbocycles. The Labute approximate surface area is 194 Å². The van der Waals surface area contributed by atoms with Crippen LogP contribution in [0.15, 0.2) is 42.5 Å². The molecule has 0 heterocycles. The number of halogens is 2. The van der Waals surface area contributed by atoms with Gasteiger partial charge in [0.15, 0.2) is 0 Å². The Morgan fingerprint density at radius 2 is 1.68 bits per heavy atom. The lowest BCUT2D eigenvalue weighted by Gasteiger charge is -2.31. The lowest BCUT2D eigenvalue weighted by atomic mass is 10.1. The molecule has 168 valence electrons. The van der Waals surface area contributed by atoms with Crippen LogP contribution in [0, 0.1) is 5.92 Å². The summed E-state index contributed by atoms with van der Waals surface area (Å²) in [5, 5.41) is 3.82. The van der Waals surface area contributed by atoms with Gasteiger partial charge in [0.1, 0.15) is 11.8 Å². The molecule has 0 saturated carbocycles. The van der Waals surface area contributed by atoms with Gasteiger partial charge >= 0.3 is 0 Å². The number of ether oxygens (including phenoxy) is 1. The van der Waals surface area contributed by atoms with E-state index in [1.165, 1.54) is 0 Å². The van der Waals surface area contributed by atoms with Crippen LogP contribution in [0.4, 0.5) is 0 Å². The number of carbonyl (C=O) groups excluding carboxylic acids is 2. The van der Waals surface area contributed by atoms with Crippen molar-refractivity contribution < 1.29 is 14.3 Å². The summed E-state index contributed by atoms with van der Waals surface area (Å²) in [5.41, 5.74) is 1.66. The smallest absolute Gasteiger partial charge is 0.242 e. The molecule has 2 aromatic carbocycles. The zero-order valence-corrected chi connectivity index (χ0v) is 20.0. The number of carbonyl (C=O) groups is 2. The Balaban J connectivity index is 2.28. The fourth-order valence-corrected chi connectivity index (χ4v) is 3.52. The number of rotatable bonds is 10. The van der Waals surface area contributed by atoms with Crippen molar-refractivity contribution in [3.63, 3.8) is 0 Å². The number of nitrogens with one attached hydrogen (secondary N) is 1. The van der Waals surface area contributed by atoms with Crippen LogP contribution in [0.3, 0.4) is 0 Å². The summed E-state index contributed by atoms with van der Waals surface area (Å²) in [6.07, 6.45) is 0.679. The highest BCUT2D eigenvalue weighted by atomic mass is 35.5. The van der Waals surface area contributed by atoms with Gasteiger partial charge in [-0.2, -0.15) is 0 Å². The molecule has 2 aromatic rings. The fraction of sp³-hybridized carbons (Fsp3) is 0.417. The van der Waals surface area contributed by atoms with E-state index in [0.29, 0.717) is 28.9 Å². The Morgan fingerprint density at radius 3 is 2.23 bits per heavy atom. The monoisotopic (exact) mass is 464 g/mol. The van der Waals surface area contributed by atoms with Gasteiger partial charge in [-0.3, -0.25) is 9.59 Å². The summed E-state index contributed by atoms with van der Waals surface area (Å²) >= 11 is 12.2. The van der Waals surface area contributed by atoms with Crippen LogP contribution in [0.25, 0.3) is 0 Å². The van der Waals surface area contributed by atoms with Crippen molar-refractivity contribution in [1.82, 2.24) is 10.2 Å². The molecule has 0 aliphatic rings. The van der Waals surface area contributed by atoms with E-state index in [1.54, 1.807) is 24.1 Å². The number of methoxy groups -OCH3 is 1. The Morgan fingerprint density at radius 1 is 1.03 bits per heavy atom. The van der Waals surface area contributed by atoms with Gasteiger partial charge in [-0.1, -0.05) is 62.2 Å². The molecule has 2 rings (SSSR count). The van der Waals surface area contributed by atoms with Crippen LogP contribution >= 0.6 is 23.2 Å². The van der Waals surface area contributed by atoms with Crippen molar-refractivity contribution in [3.05, 3.63) is 63.6 Å². The number of nitrogens with zero attached hydrogens (tertiary/aromatic N) is 1. The maximum absolute atomic E-state index is 13.3. The second-order valence-corrected chi connectivity index (χ2v) is 8.67. The first-order valence-corrected chi connectivity index (χ1v) is 11.1. The zero-order chi connectivity index (χ0) is 23.0. The second-order valence-electron chi connectivity index (χ2n) is 7.86. The van der Waals surface area contributed by atoms with E-state index in [0.717, 1.165) is 16.9 Å². The molecule has 31 heavy (non-hydrogen) atoms. The van der Waals surface area contributed by atoms with Crippen LogP contribution in [0.1, 0.15) is 38.3 Å². The first-order chi connectivity index (χ1) is 14.7. The third-order valence-corrected chi connectivity index (χ3v) is 5.66. The van der Waals surface area contributed by atoms with Gasteiger partial charge in [0.2, 0.25) is 11.8 Å². The molecule has 0 spiro atoms. The molecule has 5 nitrogen and oxygen atoms in total. The predicted molar refractivity (Wildman–Crippen MR) is 126 cm³/mol. The Bertz CT molecular complexity index is 885. The second kappa shape index (κ2) is 12.0. The van der Waals surface area contributed by atoms with Crippen molar-refractivity contribution in [2.24, 2.45) is 5.92 Å². The highest BCUT2D eigenvalue weighted by molar-refractivity contribution is 6.42. The summed E-state index contributed by atoms with van der Waals surface area (Å²) in [6, 6.07) is 12.0. The van der Waals surface area contributed by atoms with Gasteiger partial charge in [0, 0.05) is 13.1 Å². The maximum Gasteiger partial charge on any atom is 0.242 e. The molecular weight excluding hydrogens is 435 g/mol. The van der Waals surface area contributed by atoms with E-state index in [2.05, 4.69) is 5.32 Å². The largest absolute Gasteiger partial charge is 0.497 e. The number of amides is 2. The topological polar surface area (TPSA) is 58.6 Å². The summed E-state index contributed by atoms with van der Waals surface area (Å²) in [6.45, 7) is 6.79. The lowest BCUT2D eigenvalue weighted by molar-refractivity contribution is -0.141. The Kier molecular flexibility index (Phi) is 9.66. The van der Waals surface area contributed by atoms with Gasteiger partial charge in [-0.05, 0) is 47.7 Å². The number of hydrogen-bond donors (Lipinski definition) is 1. The van der Waals surface area contributed by atoms with E-state index in [1.807, 2.05) is 51.1 Å². The molecule has 0 aliphatic heterocycles. The van der Waals surface area contributed by atoms with Crippen LogP contribution in [0.5, 0.6) is 5.75 Å². The van der Waals surface area contributed by atoms with E-state index < -0.39 is 6.04 Å². The quantitative estimate of drug-likeness (QED) is 0.530. The Hall–Kier alpha value is -2.24. The molecule has 7 heteroatoms. The molecule has 0 radical (unpaired) electrons. The summed E-state index contributed by atoms with van der Waals surface area (Å²) in [7, 11) is 1.60. The predicted octanol–water partition coefficient (Wildman–Crippen LogP) is 5.12. The van der Waals surface area contributed by atoms with Crippen LogP contribution in [-0.4, -0.2) is 36.4 Å². The molecule has 2 amide bonds. The normalized spacial score (nSPS) is 11.8. The molecule has 0 saturated heterocycles. The third-order valence-electron chi connectivity index (χ3n) is 4.92. The average molecular weight is 465 g/mol. The van der Waals surface area contributed by atoms with Gasteiger partial charge in [0.05, 0.1) is 23.6 Å². The highest BCUT2D eigenvalue weighted by Crippen LogP contribution is 2.24. The van der Waals surface area contributed by atoms with Gasteiger partial charge in [-0.15, -0.1) is 0 Å². The summed E-state index contributed by atoms with van der Waals surface area (Å²) in [4.78, 5) is 27.8. The van der Waals surface area contributed by atoms with E-state index in [4.69, 9.17) is 27.9 Å². The van der Waals surface area contributed by atoms with E-state index >= 15 is 0 Å². The number of hydrogen-bond acceptors (Lipinski definition) is 3. The summed E-state index contributed by atoms with van der Waals surface area (Å²) < 4.78 is 5.18. The van der Waals surface area contributed by atoms with E-state index in [-0.39, 0.29) is 24.8 Å². The minimum Gasteiger partial charge on any atom is -0.497 e. The van der Waals surface area contributed by atoms with Crippen LogP contribution in [0.2, 0.25) is 10.0 Å². The zero-order valence-electron chi connectivity index (χ0n) is 18.5. The minimum absolute atomic E-state index is 0.136. The van der Waals surface area contributed by atoms with Crippen molar-refractivity contribution in [3.8, 4) is 5.75 Å². The van der Waals surface area contributed by atoms with Crippen molar-refractivity contribution in [2.75, 3.05) is 13.7 Å². The lowest BCUT2D eigenvalue weighted by Crippen LogP contribution is -2.50. The molecule has 1 atom stereocenters. The first kappa shape index (κ1) is 25.0. The van der Waals surface area contributed by atoms with E-state index in [9.17, 15) is 9.59 Å². The van der Waals surface area contributed by atoms with Gasteiger partial charge < -0.3 is 15.0 Å². The fourth-order valence-electron chi connectivity index (χ4n) is 3.20. The van der Waals surface area contributed by atoms with Crippen LogP contribution < -0.4 is 10.1 Å². The SMILES string of the molecule is CC[C@@H](C(=O)NCC(C)C)N(Cc1ccc(Cl)c(Cl)c1)C(=O)Cc1ccc(OC)cc1. The standard InChI is InChI=1S/C24H30Cl2N2O3/c1-5-22(24(30)27-14-16(2)3)28(15-18-8-11-20(25)21(26)12-18)23(29)13-17-6-9-19(31-4)10-7-17/h6-12,16,22H,5,13-15H2,1-4H3,(H,27,30)/t22-/m0/s1. The summed E-state index contributed by atoms with van der Waals surface area (Å²) in [5.74, 6) is 0.755. The molecule has 0 fully saturated rings. The molecule has 0 unspecified atom stereocenters. The average Bonchev–Trinajstić information content (AvgIpc) is 2.75. The maximum atomic E-state index is 13.3. The first-order valence-electron chi connectivity index (χ1n) is 10.4. The van der Waals surface area contributed by atoms with Crippen molar-refractivity contribution >= 4 is 35.0 Å². The highest BCUT2D eigenvalue weighted by Gasteiger charge is 2.28. The molecule has 0 bridgehead atoms. The van der Waals surface area contributed by atoms with Gasteiger partial charge in [0.25, 0.3) is 0 Å². The van der Waals surface area contributed by atoms with Crippen LogP contribution in [-0.2, 0) is 22.6 Å². The van der Waals surface area contributed by atoms with Crippen molar-refractivity contribution in [1.29, 1.82) is 0 Å².